The van der Waals surface area contributed by atoms with Crippen molar-refractivity contribution in [2.24, 2.45) is 5.10 Å². The van der Waals surface area contributed by atoms with Crippen molar-refractivity contribution < 1.29 is 23.8 Å². The summed E-state index contributed by atoms with van der Waals surface area (Å²) in [7, 11) is 3.06. The number of benzene rings is 3. The van der Waals surface area contributed by atoms with Gasteiger partial charge in [-0.1, -0.05) is 17.7 Å². The average Bonchev–Trinajstić information content (AvgIpc) is 2.80. The lowest BCUT2D eigenvalue weighted by molar-refractivity contribution is 0.0733. The molecule has 3 rings (SSSR count). The molecule has 8 heteroatoms. The summed E-state index contributed by atoms with van der Waals surface area (Å²) in [6.07, 6.45) is 1.35. The van der Waals surface area contributed by atoms with E-state index in [4.69, 9.17) is 25.8 Å². The lowest BCUT2D eigenvalue weighted by Gasteiger charge is -2.09. The molecule has 1 amide bonds. The number of methoxy groups -OCH3 is 2. The zero-order valence-corrected chi connectivity index (χ0v) is 17.6. The predicted octanol–water partition coefficient (Wildman–Crippen LogP) is 4.34. The Hall–Kier alpha value is -3.84. The van der Waals surface area contributed by atoms with Crippen LogP contribution in [0.3, 0.4) is 0 Å². The molecule has 3 aromatic rings. The summed E-state index contributed by atoms with van der Waals surface area (Å²) in [4.78, 5) is 24.7. The van der Waals surface area contributed by atoms with Crippen molar-refractivity contribution in [1.82, 2.24) is 5.43 Å². The van der Waals surface area contributed by atoms with Crippen molar-refractivity contribution in [1.29, 1.82) is 0 Å². The minimum absolute atomic E-state index is 0.236. The molecule has 0 aliphatic carbocycles. The molecule has 0 saturated carbocycles. The molecule has 0 unspecified atom stereocenters. The van der Waals surface area contributed by atoms with Gasteiger partial charge in [0.15, 0.2) is 0 Å². The summed E-state index contributed by atoms with van der Waals surface area (Å²) in [6.45, 7) is 0. The number of carbonyl (C=O) groups excluding carboxylic acids is 2. The quantitative estimate of drug-likeness (QED) is 0.256. The van der Waals surface area contributed by atoms with Gasteiger partial charge in [0.05, 0.1) is 26.0 Å². The Morgan fingerprint density at radius 1 is 0.903 bits per heavy atom. The summed E-state index contributed by atoms with van der Waals surface area (Å²) >= 11 is 6.06. The topological polar surface area (TPSA) is 86.2 Å². The molecule has 0 saturated heterocycles. The molecule has 0 atom stereocenters. The van der Waals surface area contributed by atoms with Crippen LogP contribution in [0.5, 0.6) is 17.2 Å². The Labute approximate surface area is 184 Å². The van der Waals surface area contributed by atoms with Gasteiger partial charge >= 0.3 is 5.97 Å². The normalized spacial score (nSPS) is 10.5. The van der Waals surface area contributed by atoms with Gasteiger partial charge in [0.1, 0.15) is 17.2 Å². The van der Waals surface area contributed by atoms with Gasteiger partial charge < -0.3 is 14.2 Å². The van der Waals surface area contributed by atoms with Crippen LogP contribution >= 0.6 is 11.6 Å². The maximum Gasteiger partial charge on any atom is 0.343 e. The van der Waals surface area contributed by atoms with Gasteiger partial charge in [0, 0.05) is 16.1 Å². The number of hydrogen-bond donors (Lipinski definition) is 1. The van der Waals surface area contributed by atoms with E-state index in [9.17, 15) is 9.59 Å². The number of hydrogen-bond acceptors (Lipinski definition) is 6. The molecule has 31 heavy (non-hydrogen) atoms. The molecule has 0 spiro atoms. The van der Waals surface area contributed by atoms with Crippen LogP contribution in [0.15, 0.2) is 71.8 Å². The summed E-state index contributed by atoms with van der Waals surface area (Å²) in [5.74, 6) is 0.434. The fourth-order valence-corrected chi connectivity index (χ4v) is 2.77. The molecule has 1 N–H and O–H groups in total. The van der Waals surface area contributed by atoms with Gasteiger partial charge in [-0.15, -0.1) is 0 Å². The van der Waals surface area contributed by atoms with Gasteiger partial charge in [0.25, 0.3) is 5.91 Å². The Balaban J connectivity index is 1.73. The third-order valence-corrected chi connectivity index (χ3v) is 4.44. The van der Waals surface area contributed by atoms with E-state index in [0.717, 1.165) is 0 Å². The highest BCUT2D eigenvalue weighted by Gasteiger charge is 2.13. The molecule has 3 aromatic carbocycles. The van der Waals surface area contributed by atoms with Gasteiger partial charge in [-0.25, -0.2) is 10.2 Å². The van der Waals surface area contributed by atoms with Crippen LogP contribution in [-0.2, 0) is 0 Å². The van der Waals surface area contributed by atoms with Crippen LogP contribution in [0.4, 0.5) is 0 Å². The zero-order chi connectivity index (χ0) is 22.2. The van der Waals surface area contributed by atoms with E-state index in [1.165, 1.54) is 13.3 Å². The van der Waals surface area contributed by atoms with Crippen molar-refractivity contribution in [2.75, 3.05) is 14.2 Å². The molecule has 0 aliphatic rings. The summed E-state index contributed by atoms with van der Waals surface area (Å²) in [6, 6.07) is 17.9. The van der Waals surface area contributed by atoms with Crippen molar-refractivity contribution in [2.45, 2.75) is 0 Å². The molecule has 0 radical (unpaired) electrons. The Morgan fingerprint density at radius 3 is 2.35 bits per heavy atom. The average molecular weight is 439 g/mol. The first-order valence-corrected chi connectivity index (χ1v) is 9.51. The van der Waals surface area contributed by atoms with Crippen molar-refractivity contribution in [3.05, 3.63) is 88.4 Å². The second-order valence-electron chi connectivity index (χ2n) is 6.23. The van der Waals surface area contributed by atoms with Gasteiger partial charge in [-0.05, 0) is 60.7 Å². The Morgan fingerprint density at radius 2 is 1.65 bits per heavy atom. The summed E-state index contributed by atoms with van der Waals surface area (Å²) in [5.41, 5.74) is 3.57. The smallest absolute Gasteiger partial charge is 0.343 e. The van der Waals surface area contributed by atoms with Crippen LogP contribution < -0.4 is 19.6 Å². The number of carbonyl (C=O) groups is 2. The molecular formula is C23H19ClN2O5. The van der Waals surface area contributed by atoms with Crippen LogP contribution in [0.25, 0.3) is 0 Å². The Kier molecular flexibility index (Phi) is 7.24. The van der Waals surface area contributed by atoms with Crippen molar-refractivity contribution >= 4 is 29.7 Å². The molecule has 158 valence electrons. The van der Waals surface area contributed by atoms with Crippen molar-refractivity contribution in [3.63, 3.8) is 0 Å². The molecule has 0 fully saturated rings. The van der Waals surface area contributed by atoms with E-state index < -0.39 is 11.9 Å². The number of nitrogens with one attached hydrogen (secondary N) is 1. The lowest BCUT2D eigenvalue weighted by Crippen LogP contribution is -2.17. The second-order valence-corrected chi connectivity index (χ2v) is 6.67. The molecule has 0 bridgehead atoms. The maximum atomic E-state index is 12.5. The summed E-state index contributed by atoms with van der Waals surface area (Å²) < 4.78 is 15.7. The highest BCUT2D eigenvalue weighted by Crippen LogP contribution is 2.23. The fraction of sp³-hybridized carbons (Fsp3) is 0.0870. The Bertz CT molecular complexity index is 1110. The van der Waals surface area contributed by atoms with Crippen LogP contribution in [-0.4, -0.2) is 32.3 Å². The third-order valence-electron chi connectivity index (χ3n) is 4.20. The second kappa shape index (κ2) is 10.3. The zero-order valence-electron chi connectivity index (χ0n) is 16.8. The number of esters is 1. The minimum atomic E-state index is -0.571. The van der Waals surface area contributed by atoms with Crippen LogP contribution in [0, 0.1) is 0 Å². The number of rotatable bonds is 7. The maximum absolute atomic E-state index is 12.5. The molecule has 0 aliphatic heterocycles. The summed E-state index contributed by atoms with van der Waals surface area (Å²) in [5, 5.41) is 4.36. The molecular weight excluding hydrogens is 420 g/mol. The largest absolute Gasteiger partial charge is 0.497 e. The third kappa shape index (κ3) is 5.83. The van der Waals surface area contributed by atoms with E-state index in [0.29, 0.717) is 33.2 Å². The number of hydrazone groups is 1. The highest BCUT2D eigenvalue weighted by molar-refractivity contribution is 6.31. The molecule has 0 heterocycles. The van der Waals surface area contributed by atoms with Crippen molar-refractivity contribution in [3.8, 4) is 17.2 Å². The van der Waals surface area contributed by atoms with Crippen LogP contribution in [0.1, 0.15) is 26.3 Å². The van der Waals surface area contributed by atoms with E-state index in [-0.39, 0.29) is 5.75 Å². The van der Waals surface area contributed by atoms with E-state index in [1.54, 1.807) is 73.8 Å². The fourth-order valence-electron chi connectivity index (χ4n) is 2.59. The van der Waals surface area contributed by atoms with Crippen LogP contribution in [0.2, 0.25) is 5.02 Å². The first-order chi connectivity index (χ1) is 15.0. The first kappa shape index (κ1) is 21.9. The van der Waals surface area contributed by atoms with E-state index >= 15 is 0 Å². The first-order valence-electron chi connectivity index (χ1n) is 9.13. The van der Waals surface area contributed by atoms with Gasteiger partial charge in [0.2, 0.25) is 0 Å². The number of nitrogens with zero attached hydrogens (tertiary/aromatic N) is 1. The SMILES string of the molecule is COc1ccc(C(=O)N/N=C/c2cc(Cl)ccc2OC(=O)c2cccc(OC)c2)cc1. The number of amides is 1. The lowest BCUT2D eigenvalue weighted by atomic mass is 10.2. The standard InChI is InChI=1S/C23H19ClN2O5/c1-29-19-9-6-15(7-10-19)22(27)26-25-14-17-12-18(24)8-11-21(17)31-23(28)16-4-3-5-20(13-16)30-2/h3-14H,1-2H3,(H,26,27)/b25-14+. The highest BCUT2D eigenvalue weighted by atomic mass is 35.5. The monoisotopic (exact) mass is 438 g/mol. The predicted molar refractivity (Wildman–Crippen MR) is 117 cm³/mol. The minimum Gasteiger partial charge on any atom is -0.497 e. The number of halogens is 1. The van der Waals surface area contributed by atoms with E-state index in [2.05, 4.69) is 10.5 Å². The van der Waals surface area contributed by atoms with Gasteiger partial charge in [-0.2, -0.15) is 5.10 Å². The number of ether oxygens (including phenoxy) is 3. The molecule has 0 aromatic heterocycles. The van der Waals surface area contributed by atoms with E-state index in [1.807, 2.05) is 0 Å². The molecule has 7 nitrogen and oxygen atoms in total. The van der Waals surface area contributed by atoms with Gasteiger partial charge in [-0.3, -0.25) is 4.79 Å².